The van der Waals surface area contributed by atoms with Crippen LogP contribution in [0.2, 0.25) is 0 Å². The molecule has 0 radical (unpaired) electrons. The smallest absolute Gasteiger partial charge is 0.326 e. The van der Waals surface area contributed by atoms with Gasteiger partial charge in [0.05, 0.1) is 25.4 Å². The van der Waals surface area contributed by atoms with Crippen LogP contribution in [0.4, 0.5) is 0 Å². The number of carboxylic acids is 3. The minimum atomic E-state index is -1.87. The van der Waals surface area contributed by atoms with Crippen LogP contribution in [0, 0.1) is 5.92 Å². The number of nitrogens with two attached hydrogens (primary N) is 4. The van der Waals surface area contributed by atoms with Crippen molar-refractivity contribution in [2.45, 2.75) is 127 Å². The van der Waals surface area contributed by atoms with E-state index in [4.69, 9.17) is 28.0 Å². The lowest BCUT2D eigenvalue weighted by molar-refractivity contribution is -0.147. The van der Waals surface area contributed by atoms with E-state index in [0.717, 1.165) is 0 Å². The first kappa shape index (κ1) is 57.8. The van der Waals surface area contributed by atoms with E-state index in [1.54, 1.807) is 44.2 Å². The number of benzene rings is 1. The summed E-state index contributed by atoms with van der Waals surface area (Å²) in [6, 6.07) is -2.61. The van der Waals surface area contributed by atoms with E-state index in [-0.39, 0.29) is 38.1 Å². The maximum atomic E-state index is 13.8. The predicted molar refractivity (Wildman–Crippen MR) is 234 cm³/mol. The second-order valence-electron chi connectivity index (χ2n) is 15.9. The van der Waals surface area contributed by atoms with Gasteiger partial charge < -0.3 is 75.5 Å². The molecule has 372 valence electrons. The average Bonchev–Trinajstić information content (AvgIpc) is 3.23. The number of hydrogen-bond acceptors (Lipinski definition) is 14. The molecule has 0 fully saturated rings. The molecule has 26 heteroatoms. The lowest BCUT2D eigenvalue weighted by Crippen LogP contribution is -2.59. The Labute approximate surface area is 385 Å². The van der Waals surface area contributed by atoms with Gasteiger partial charge in [0.15, 0.2) is 0 Å². The van der Waals surface area contributed by atoms with E-state index in [1.165, 1.54) is 0 Å². The van der Waals surface area contributed by atoms with Gasteiger partial charge in [-0.15, -0.1) is 0 Å². The Kier molecular flexibility index (Phi) is 25.9. The Morgan fingerprint density at radius 2 is 1.06 bits per heavy atom. The highest BCUT2D eigenvalue weighted by Crippen LogP contribution is 2.10. The zero-order valence-corrected chi connectivity index (χ0v) is 37.2. The number of carboxylic acid groups (broad SMARTS) is 3. The first-order valence-electron chi connectivity index (χ1n) is 21.2. The number of nitrogens with one attached hydrogen (secondary N) is 7. The van der Waals surface area contributed by atoms with Gasteiger partial charge in [0.25, 0.3) is 0 Å². The minimum absolute atomic E-state index is 0.0153. The Balaban J connectivity index is 3.30. The number of carbonyl (C=O) groups is 12. The highest BCUT2D eigenvalue weighted by molar-refractivity contribution is 5.98. The van der Waals surface area contributed by atoms with Crippen LogP contribution in [-0.4, -0.2) is 142 Å². The maximum Gasteiger partial charge on any atom is 0.326 e. The minimum Gasteiger partial charge on any atom is -0.481 e. The van der Waals surface area contributed by atoms with Crippen LogP contribution in [0.1, 0.15) is 83.6 Å². The summed E-state index contributed by atoms with van der Waals surface area (Å²) >= 11 is 0. The number of rotatable bonds is 33. The highest BCUT2D eigenvalue weighted by atomic mass is 16.4. The summed E-state index contributed by atoms with van der Waals surface area (Å²) in [5.74, 6) is -13.6. The van der Waals surface area contributed by atoms with E-state index in [2.05, 4.69) is 37.2 Å². The summed E-state index contributed by atoms with van der Waals surface area (Å²) in [5, 5.41) is 43.9. The van der Waals surface area contributed by atoms with Crippen LogP contribution in [0.5, 0.6) is 0 Å². The molecule has 0 saturated carbocycles. The molecule has 1 aromatic carbocycles. The number of hydrogen-bond donors (Lipinski definition) is 14. The average molecular weight is 950 g/mol. The number of unbranched alkanes of at least 4 members (excludes halogenated alkanes) is 1. The lowest BCUT2D eigenvalue weighted by atomic mass is 10.0. The van der Waals surface area contributed by atoms with Crippen molar-refractivity contribution < 1.29 is 72.9 Å². The third-order valence-corrected chi connectivity index (χ3v) is 9.62. The van der Waals surface area contributed by atoms with Gasteiger partial charge in [-0.1, -0.05) is 44.2 Å². The molecule has 18 N–H and O–H groups in total. The lowest BCUT2D eigenvalue weighted by Gasteiger charge is -2.26. The van der Waals surface area contributed by atoms with Gasteiger partial charge in [0.2, 0.25) is 53.2 Å². The van der Waals surface area contributed by atoms with Gasteiger partial charge in [-0.25, -0.2) is 4.79 Å². The number of carbonyl (C=O) groups excluding carboxylic acids is 9. The van der Waals surface area contributed by atoms with Gasteiger partial charge in [-0.05, 0) is 56.6 Å². The van der Waals surface area contributed by atoms with Gasteiger partial charge in [-0.3, -0.25) is 52.7 Å². The normalized spacial score (nSPS) is 14.0. The van der Waals surface area contributed by atoms with E-state index >= 15 is 0 Å². The molecule has 0 bridgehead atoms. The first-order valence-corrected chi connectivity index (χ1v) is 21.2. The highest BCUT2D eigenvalue weighted by Gasteiger charge is 2.34. The molecule has 0 aliphatic heterocycles. The van der Waals surface area contributed by atoms with E-state index in [1.807, 2.05) is 0 Å². The zero-order valence-electron chi connectivity index (χ0n) is 37.2. The maximum absolute atomic E-state index is 13.8. The third-order valence-electron chi connectivity index (χ3n) is 9.62. The van der Waals surface area contributed by atoms with Gasteiger partial charge >= 0.3 is 17.9 Å². The Bertz CT molecular complexity index is 1920. The summed E-state index contributed by atoms with van der Waals surface area (Å²) < 4.78 is 0. The molecule has 0 spiro atoms. The standard InChI is InChI=1S/C41H63N11O15/c1-21(2)16-23(43)35(60)48-26(12-14-33(56)57)39(64)51-28(18-31(45)54)36(61)46-20-32(55)47-25(11-13-30(44)53)38(63)49-24(10-6-7-15-42)37(62)50-27(17-22-8-4-3-5-9-22)40(65)52-29(41(66)67)19-34(58)59/h3-5,8-9,21,23-29H,6-7,10-20,42-43H2,1-2H3,(H2,44,53)(H2,45,54)(H,46,61)(H,47,55)(H,48,60)(H,49,63)(H,50,62)(H,51,64)(H,52,65)(H,56,57)(H,58,59)(H,66,67). The quantitative estimate of drug-likeness (QED) is 0.0295. The molecule has 26 nitrogen and oxygen atoms in total. The molecule has 1 aromatic rings. The number of primary amides is 2. The summed E-state index contributed by atoms with van der Waals surface area (Å²) in [6.45, 7) is 2.86. The van der Waals surface area contributed by atoms with Crippen molar-refractivity contribution in [3.63, 3.8) is 0 Å². The molecule has 0 aliphatic rings. The summed E-state index contributed by atoms with van der Waals surface area (Å²) in [7, 11) is 0. The Morgan fingerprint density at radius 3 is 1.58 bits per heavy atom. The topological polar surface area (TPSA) is 454 Å². The van der Waals surface area contributed by atoms with E-state index in [9.17, 15) is 67.7 Å². The number of amides is 9. The Morgan fingerprint density at radius 1 is 0.552 bits per heavy atom. The molecule has 0 heterocycles. The first-order chi connectivity index (χ1) is 31.4. The molecule has 0 aliphatic carbocycles. The van der Waals surface area contributed by atoms with Crippen molar-refractivity contribution in [2.24, 2.45) is 28.9 Å². The molecule has 67 heavy (non-hydrogen) atoms. The largest absolute Gasteiger partial charge is 0.481 e. The molecular formula is C41H63N11O15. The fourth-order valence-electron chi connectivity index (χ4n) is 6.22. The predicted octanol–water partition coefficient (Wildman–Crippen LogP) is -4.68. The van der Waals surface area contributed by atoms with Crippen LogP contribution in [-0.2, 0) is 64.0 Å². The van der Waals surface area contributed by atoms with Gasteiger partial charge in [-0.2, -0.15) is 0 Å². The fraction of sp³-hybridized carbons (Fsp3) is 0.561. The second-order valence-corrected chi connectivity index (χ2v) is 15.9. The molecular weight excluding hydrogens is 887 g/mol. The molecule has 1 rings (SSSR count). The van der Waals surface area contributed by atoms with Crippen molar-refractivity contribution in [2.75, 3.05) is 13.1 Å². The van der Waals surface area contributed by atoms with Crippen molar-refractivity contribution in [3.05, 3.63) is 35.9 Å². The van der Waals surface area contributed by atoms with Crippen molar-refractivity contribution >= 4 is 71.1 Å². The zero-order chi connectivity index (χ0) is 50.8. The molecule has 9 amide bonds. The van der Waals surface area contributed by atoms with E-state index in [0.29, 0.717) is 12.0 Å². The van der Waals surface area contributed by atoms with Gasteiger partial charge in [0.1, 0.15) is 36.3 Å². The molecule has 0 saturated heterocycles. The van der Waals surface area contributed by atoms with Crippen LogP contribution in [0.25, 0.3) is 0 Å². The molecule has 0 aromatic heterocycles. The van der Waals surface area contributed by atoms with Crippen LogP contribution >= 0.6 is 0 Å². The van der Waals surface area contributed by atoms with Crippen molar-refractivity contribution in [1.29, 1.82) is 0 Å². The van der Waals surface area contributed by atoms with Crippen molar-refractivity contribution in [3.8, 4) is 0 Å². The van der Waals surface area contributed by atoms with Crippen LogP contribution in [0.3, 0.4) is 0 Å². The summed E-state index contributed by atoms with van der Waals surface area (Å²) in [4.78, 5) is 151. The molecule has 7 atom stereocenters. The van der Waals surface area contributed by atoms with Crippen molar-refractivity contribution in [1.82, 2.24) is 37.2 Å². The fourth-order valence-corrected chi connectivity index (χ4v) is 6.22. The monoisotopic (exact) mass is 949 g/mol. The summed E-state index contributed by atoms with van der Waals surface area (Å²) in [5.41, 5.74) is 22.6. The molecule has 7 unspecified atom stereocenters. The summed E-state index contributed by atoms with van der Waals surface area (Å²) in [6.07, 6.45) is -3.19. The number of aliphatic carboxylic acids is 3. The Hall–Kier alpha value is -7.22. The third kappa shape index (κ3) is 24.0. The van der Waals surface area contributed by atoms with Crippen LogP contribution in [0.15, 0.2) is 30.3 Å². The van der Waals surface area contributed by atoms with Gasteiger partial charge in [0, 0.05) is 19.3 Å². The SMILES string of the molecule is CC(C)CC(N)C(=O)NC(CCC(=O)O)C(=O)NC(CC(N)=O)C(=O)NCC(=O)NC(CCC(N)=O)C(=O)NC(CCCCN)C(=O)NC(Cc1ccccc1)C(=O)NC(CC(=O)O)C(=O)O. The van der Waals surface area contributed by atoms with Crippen LogP contribution < -0.4 is 60.2 Å². The van der Waals surface area contributed by atoms with E-state index < -0.39 is 158 Å². The second kappa shape index (κ2) is 30.1.